The van der Waals surface area contributed by atoms with E-state index in [1.807, 2.05) is 22.6 Å². The van der Waals surface area contributed by atoms with Crippen LogP contribution in [0.4, 0.5) is 0 Å². The second kappa shape index (κ2) is 4.40. The number of nitrogens with zero attached hydrogens (tertiary/aromatic N) is 1. The normalized spacial score (nSPS) is 9.69. The van der Waals surface area contributed by atoms with Crippen molar-refractivity contribution in [3.05, 3.63) is 21.5 Å². The van der Waals surface area contributed by atoms with Gasteiger partial charge in [0, 0.05) is 6.20 Å². The number of pyridine rings is 1. The topological polar surface area (TPSA) is 59.4 Å². The molecule has 0 bridgehead atoms. The van der Waals surface area contributed by atoms with Crippen LogP contribution >= 0.6 is 22.6 Å². The Morgan fingerprint density at radius 3 is 3.08 bits per heavy atom. The average molecular weight is 293 g/mol. The zero-order valence-corrected chi connectivity index (χ0v) is 9.11. The first-order valence-corrected chi connectivity index (χ1v) is 4.75. The zero-order valence-electron chi connectivity index (χ0n) is 6.95. The van der Waals surface area contributed by atoms with Crippen molar-refractivity contribution in [2.24, 2.45) is 0 Å². The lowest BCUT2D eigenvalue weighted by atomic mass is 10.2. The van der Waals surface area contributed by atoms with E-state index < -0.39 is 5.97 Å². The summed E-state index contributed by atoms with van der Waals surface area (Å²) >= 11 is 1.84. The van der Waals surface area contributed by atoms with Gasteiger partial charge in [-0.2, -0.15) is 0 Å². The Bertz CT molecular complexity index is 327. The number of esters is 1. The van der Waals surface area contributed by atoms with Crippen LogP contribution < -0.4 is 0 Å². The third-order valence-electron chi connectivity index (χ3n) is 1.37. The summed E-state index contributed by atoms with van der Waals surface area (Å²) in [6.07, 6.45) is 1.45. The first-order valence-electron chi connectivity index (χ1n) is 3.67. The number of aromatic nitrogens is 1. The molecule has 0 fully saturated rings. The van der Waals surface area contributed by atoms with Gasteiger partial charge < -0.3 is 9.84 Å². The van der Waals surface area contributed by atoms with E-state index in [-0.39, 0.29) is 17.9 Å². The number of rotatable bonds is 2. The van der Waals surface area contributed by atoms with Gasteiger partial charge in [0.05, 0.1) is 6.61 Å². The van der Waals surface area contributed by atoms with E-state index in [4.69, 9.17) is 4.74 Å². The van der Waals surface area contributed by atoms with E-state index in [0.717, 1.165) is 0 Å². The van der Waals surface area contributed by atoms with Crippen LogP contribution in [0.5, 0.6) is 5.75 Å². The van der Waals surface area contributed by atoms with E-state index in [2.05, 4.69) is 4.98 Å². The highest BCUT2D eigenvalue weighted by molar-refractivity contribution is 14.1. The van der Waals surface area contributed by atoms with Crippen molar-refractivity contribution in [1.82, 2.24) is 4.98 Å². The largest absolute Gasteiger partial charge is 0.504 e. The summed E-state index contributed by atoms with van der Waals surface area (Å²) < 4.78 is 5.13. The third kappa shape index (κ3) is 2.30. The summed E-state index contributed by atoms with van der Waals surface area (Å²) in [5, 5.41) is 9.42. The second-order valence-electron chi connectivity index (χ2n) is 2.22. The Morgan fingerprint density at radius 2 is 2.46 bits per heavy atom. The first kappa shape index (κ1) is 10.2. The van der Waals surface area contributed by atoms with E-state index in [9.17, 15) is 9.90 Å². The monoisotopic (exact) mass is 293 g/mol. The summed E-state index contributed by atoms with van der Waals surface area (Å²) in [6.45, 7) is 2.00. The van der Waals surface area contributed by atoms with Gasteiger partial charge >= 0.3 is 5.97 Å². The lowest BCUT2D eigenvalue weighted by Gasteiger charge is -2.03. The van der Waals surface area contributed by atoms with Gasteiger partial charge in [-0.3, -0.25) is 0 Å². The summed E-state index contributed by atoms with van der Waals surface area (Å²) in [4.78, 5) is 15.0. The van der Waals surface area contributed by atoms with E-state index in [1.165, 1.54) is 12.3 Å². The maximum atomic E-state index is 11.2. The molecule has 70 valence electrons. The summed E-state index contributed by atoms with van der Waals surface area (Å²) in [6, 6.07) is 1.43. The third-order valence-corrected chi connectivity index (χ3v) is 2.16. The minimum absolute atomic E-state index is 0.124. The van der Waals surface area contributed by atoms with Crippen LogP contribution in [0.2, 0.25) is 0 Å². The number of ether oxygens (including phenoxy) is 1. The predicted octanol–water partition coefficient (Wildman–Crippen LogP) is 1.57. The minimum atomic E-state index is -0.527. The zero-order chi connectivity index (χ0) is 9.84. The van der Waals surface area contributed by atoms with E-state index in [0.29, 0.717) is 3.70 Å². The van der Waals surface area contributed by atoms with E-state index in [1.54, 1.807) is 6.92 Å². The van der Waals surface area contributed by atoms with Crippen LogP contribution in [-0.2, 0) is 4.74 Å². The van der Waals surface area contributed by atoms with Gasteiger partial charge in [-0.1, -0.05) is 0 Å². The predicted molar refractivity (Wildman–Crippen MR) is 54.6 cm³/mol. The minimum Gasteiger partial charge on any atom is -0.504 e. The molecule has 0 amide bonds. The molecular formula is C8H8INO3. The van der Waals surface area contributed by atoms with Crippen molar-refractivity contribution < 1.29 is 14.6 Å². The molecule has 1 N–H and O–H groups in total. The van der Waals surface area contributed by atoms with Crippen LogP contribution in [-0.4, -0.2) is 22.7 Å². The molecule has 0 spiro atoms. The van der Waals surface area contributed by atoms with Crippen LogP contribution in [0.1, 0.15) is 17.3 Å². The SMILES string of the molecule is CCOC(=O)c1ccnc(I)c1O. The molecule has 0 aliphatic heterocycles. The Hall–Kier alpha value is -0.850. The van der Waals surface area contributed by atoms with Gasteiger partial charge in [0.2, 0.25) is 0 Å². The molecule has 13 heavy (non-hydrogen) atoms. The fourth-order valence-electron chi connectivity index (χ4n) is 0.802. The van der Waals surface area contributed by atoms with Crippen LogP contribution in [0, 0.1) is 3.70 Å². The van der Waals surface area contributed by atoms with Gasteiger partial charge in [-0.05, 0) is 35.6 Å². The Kier molecular flexibility index (Phi) is 3.47. The summed E-state index contributed by atoms with van der Waals surface area (Å²) in [5.41, 5.74) is 0.154. The van der Waals surface area contributed by atoms with Gasteiger partial charge in [-0.15, -0.1) is 0 Å². The molecule has 0 radical (unpaired) electrons. The summed E-state index contributed by atoms with van der Waals surface area (Å²) in [7, 11) is 0. The number of carbonyl (C=O) groups excluding carboxylic acids is 1. The van der Waals surface area contributed by atoms with Gasteiger partial charge in [0.25, 0.3) is 0 Å². The van der Waals surface area contributed by atoms with Crippen molar-refractivity contribution in [1.29, 1.82) is 0 Å². The van der Waals surface area contributed by atoms with Crippen LogP contribution in [0.25, 0.3) is 0 Å². The lowest BCUT2D eigenvalue weighted by Crippen LogP contribution is -2.05. The maximum absolute atomic E-state index is 11.2. The maximum Gasteiger partial charge on any atom is 0.342 e. The van der Waals surface area contributed by atoms with Crippen LogP contribution in [0.3, 0.4) is 0 Å². The molecule has 0 saturated heterocycles. The van der Waals surface area contributed by atoms with Crippen molar-refractivity contribution >= 4 is 28.6 Å². The lowest BCUT2D eigenvalue weighted by molar-refractivity contribution is 0.0522. The number of halogens is 1. The Balaban J connectivity index is 3.01. The fraction of sp³-hybridized carbons (Fsp3) is 0.250. The van der Waals surface area contributed by atoms with Crippen LogP contribution in [0.15, 0.2) is 12.3 Å². The Morgan fingerprint density at radius 1 is 1.77 bits per heavy atom. The molecule has 1 aromatic heterocycles. The van der Waals surface area contributed by atoms with Crippen molar-refractivity contribution in [3.63, 3.8) is 0 Å². The number of hydrogen-bond acceptors (Lipinski definition) is 4. The van der Waals surface area contributed by atoms with Crippen molar-refractivity contribution in [2.75, 3.05) is 6.61 Å². The van der Waals surface area contributed by atoms with Gasteiger partial charge in [0.15, 0.2) is 5.75 Å². The molecule has 0 saturated carbocycles. The molecule has 4 nitrogen and oxygen atoms in total. The molecule has 0 aliphatic carbocycles. The highest BCUT2D eigenvalue weighted by atomic mass is 127. The molecule has 0 atom stereocenters. The van der Waals surface area contributed by atoms with Gasteiger partial charge in [-0.25, -0.2) is 9.78 Å². The molecule has 0 unspecified atom stereocenters. The molecule has 5 heteroatoms. The smallest absolute Gasteiger partial charge is 0.342 e. The Labute approximate surface area is 89.1 Å². The second-order valence-corrected chi connectivity index (χ2v) is 3.24. The van der Waals surface area contributed by atoms with Crippen molar-refractivity contribution in [3.8, 4) is 5.75 Å². The van der Waals surface area contributed by atoms with Crippen molar-refractivity contribution in [2.45, 2.75) is 6.92 Å². The quantitative estimate of drug-likeness (QED) is 0.511. The first-order chi connectivity index (χ1) is 6.16. The number of carbonyl (C=O) groups is 1. The fourth-order valence-corrected chi connectivity index (χ4v) is 1.25. The number of aromatic hydroxyl groups is 1. The standard InChI is InChI=1S/C8H8INO3/c1-2-13-8(12)5-3-4-10-7(9)6(5)11/h3-4,11H,2H2,1H3. The molecule has 0 aliphatic rings. The molecule has 0 aromatic carbocycles. The average Bonchev–Trinajstić information content (AvgIpc) is 2.10. The molecule has 1 heterocycles. The summed E-state index contributed by atoms with van der Waals surface area (Å²) in [5.74, 6) is -0.651. The molecular weight excluding hydrogens is 285 g/mol. The molecule has 1 rings (SSSR count). The van der Waals surface area contributed by atoms with Gasteiger partial charge in [0.1, 0.15) is 9.26 Å². The highest BCUT2D eigenvalue weighted by Crippen LogP contribution is 2.22. The molecule has 1 aromatic rings. The van der Waals surface area contributed by atoms with E-state index >= 15 is 0 Å². The number of hydrogen-bond donors (Lipinski definition) is 1. The highest BCUT2D eigenvalue weighted by Gasteiger charge is 2.14.